The van der Waals surface area contributed by atoms with Crippen LogP contribution in [0.2, 0.25) is 0 Å². The van der Waals surface area contributed by atoms with Gasteiger partial charge in [0.15, 0.2) is 6.29 Å². The predicted octanol–water partition coefficient (Wildman–Crippen LogP) is 8.53. The van der Waals surface area contributed by atoms with E-state index >= 15 is 0 Å². The fourth-order valence-electron chi connectivity index (χ4n) is 3.38. The van der Waals surface area contributed by atoms with Gasteiger partial charge in [-0.25, -0.2) is 8.78 Å². The number of hydrogen-bond acceptors (Lipinski definition) is 4. The molecule has 0 fully saturated rings. The first-order valence-corrected chi connectivity index (χ1v) is 11.8. The van der Waals surface area contributed by atoms with Crippen LogP contribution in [-0.4, -0.2) is 6.29 Å². The average Bonchev–Trinajstić information content (AvgIpc) is 2.95. The number of aldehydes is 1. The molecule has 0 aliphatic rings. The highest BCUT2D eigenvalue weighted by Gasteiger charge is 2.31. The molecular formula is C30H19F8NO3. The van der Waals surface area contributed by atoms with Gasteiger partial charge in [-0.2, -0.15) is 31.6 Å². The van der Waals surface area contributed by atoms with Crippen molar-refractivity contribution in [3.8, 4) is 17.6 Å². The molecule has 0 radical (unpaired) electrons. The Labute approximate surface area is 234 Å². The zero-order valence-corrected chi connectivity index (χ0v) is 21.3. The van der Waals surface area contributed by atoms with E-state index in [4.69, 9.17) is 14.7 Å². The Bertz CT molecular complexity index is 1580. The fourth-order valence-corrected chi connectivity index (χ4v) is 3.38. The molecule has 0 aromatic heterocycles. The van der Waals surface area contributed by atoms with Crippen molar-refractivity contribution in [2.75, 3.05) is 0 Å². The second-order valence-corrected chi connectivity index (χ2v) is 8.53. The molecule has 0 saturated carbocycles. The van der Waals surface area contributed by atoms with Crippen molar-refractivity contribution in [2.24, 2.45) is 0 Å². The van der Waals surface area contributed by atoms with Crippen molar-refractivity contribution in [3.63, 3.8) is 0 Å². The zero-order chi connectivity index (χ0) is 30.9. The second kappa shape index (κ2) is 13.6. The van der Waals surface area contributed by atoms with E-state index in [2.05, 4.69) is 0 Å². The van der Waals surface area contributed by atoms with Crippen molar-refractivity contribution < 1.29 is 49.4 Å². The third-order valence-corrected chi connectivity index (χ3v) is 5.48. The molecule has 42 heavy (non-hydrogen) atoms. The van der Waals surface area contributed by atoms with Gasteiger partial charge in [-0.1, -0.05) is 24.3 Å². The summed E-state index contributed by atoms with van der Waals surface area (Å²) < 4.78 is 112. The summed E-state index contributed by atoms with van der Waals surface area (Å²) >= 11 is 0. The maximum atomic E-state index is 13.3. The van der Waals surface area contributed by atoms with E-state index in [0.717, 1.165) is 36.4 Å². The maximum Gasteiger partial charge on any atom is 0.416 e. The van der Waals surface area contributed by atoms with E-state index in [9.17, 15) is 39.9 Å². The number of rotatable bonds is 7. The largest absolute Gasteiger partial charge is 0.489 e. The zero-order valence-electron chi connectivity index (χ0n) is 21.3. The molecule has 0 aliphatic heterocycles. The molecular weight excluding hydrogens is 574 g/mol. The third-order valence-electron chi connectivity index (χ3n) is 5.48. The molecule has 4 aromatic rings. The van der Waals surface area contributed by atoms with E-state index in [1.54, 1.807) is 6.07 Å². The van der Waals surface area contributed by atoms with E-state index in [1.807, 2.05) is 0 Å². The molecule has 0 N–H and O–H groups in total. The standard InChI is InChI=1S/C15H9F4NO.C15H10F4O2/c2*16-14-7-13(5-4-11(14)8-20)21-9-10-2-1-3-12(6-10)15(17,18)19/h1-7H,9H2;1-8H,9H2. The number of alkyl halides is 6. The van der Waals surface area contributed by atoms with Crippen LogP contribution < -0.4 is 9.47 Å². The molecule has 0 atom stereocenters. The Morgan fingerprint density at radius 3 is 1.55 bits per heavy atom. The number of ether oxygens (including phenoxy) is 2. The van der Waals surface area contributed by atoms with Gasteiger partial charge in [0.2, 0.25) is 0 Å². The number of carbonyl (C=O) groups is 1. The molecule has 4 nitrogen and oxygen atoms in total. The lowest BCUT2D eigenvalue weighted by atomic mass is 10.1. The molecule has 0 amide bonds. The van der Waals surface area contributed by atoms with Crippen LogP contribution >= 0.6 is 0 Å². The lowest BCUT2D eigenvalue weighted by Gasteiger charge is -2.10. The average molecular weight is 593 g/mol. The molecule has 4 aromatic carbocycles. The van der Waals surface area contributed by atoms with Crippen LogP contribution in [0.15, 0.2) is 84.9 Å². The number of carbonyl (C=O) groups excluding carboxylic acids is 1. The van der Waals surface area contributed by atoms with Crippen LogP contribution in [0.25, 0.3) is 0 Å². The summed E-state index contributed by atoms with van der Waals surface area (Å²) in [5, 5.41) is 8.59. The highest BCUT2D eigenvalue weighted by atomic mass is 19.4. The lowest BCUT2D eigenvalue weighted by molar-refractivity contribution is -0.138. The van der Waals surface area contributed by atoms with Gasteiger partial charge in [0, 0.05) is 12.1 Å². The Morgan fingerprint density at radius 1 is 0.667 bits per heavy atom. The number of nitrogens with zero attached hydrogens (tertiary/aromatic N) is 1. The molecule has 0 unspecified atom stereocenters. The summed E-state index contributed by atoms with van der Waals surface area (Å²) in [7, 11) is 0. The van der Waals surface area contributed by atoms with Gasteiger partial charge >= 0.3 is 12.4 Å². The van der Waals surface area contributed by atoms with Crippen LogP contribution in [0.5, 0.6) is 11.5 Å². The van der Waals surface area contributed by atoms with Gasteiger partial charge in [0.1, 0.15) is 42.4 Å². The number of hydrogen-bond donors (Lipinski definition) is 0. The van der Waals surface area contributed by atoms with Gasteiger partial charge in [-0.3, -0.25) is 4.79 Å². The van der Waals surface area contributed by atoms with E-state index < -0.39 is 35.1 Å². The van der Waals surface area contributed by atoms with E-state index in [1.165, 1.54) is 48.5 Å². The second-order valence-electron chi connectivity index (χ2n) is 8.53. The van der Waals surface area contributed by atoms with Gasteiger partial charge in [-0.15, -0.1) is 0 Å². The lowest BCUT2D eigenvalue weighted by Crippen LogP contribution is -2.06. The fraction of sp³-hybridized carbons (Fsp3) is 0.133. The van der Waals surface area contributed by atoms with Gasteiger partial charge < -0.3 is 9.47 Å². The van der Waals surface area contributed by atoms with Crippen molar-refractivity contribution in [1.29, 1.82) is 5.26 Å². The predicted molar refractivity (Wildman–Crippen MR) is 134 cm³/mol. The summed E-state index contributed by atoms with van der Waals surface area (Å²) in [6, 6.07) is 18.3. The molecule has 218 valence electrons. The summed E-state index contributed by atoms with van der Waals surface area (Å²) in [5.41, 5.74) is -1.15. The van der Waals surface area contributed by atoms with Crippen LogP contribution in [0.1, 0.15) is 38.2 Å². The monoisotopic (exact) mass is 593 g/mol. The maximum absolute atomic E-state index is 13.3. The van der Waals surface area contributed by atoms with E-state index in [-0.39, 0.29) is 35.8 Å². The Balaban J connectivity index is 0.000000230. The first-order chi connectivity index (χ1) is 19.8. The Kier molecular flexibility index (Phi) is 10.3. The SMILES string of the molecule is N#Cc1ccc(OCc2cccc(C(F)(F)F)c2)cc1F.O=Cc1ccc(OCc2cccc(C(F)(F)F)c2)cc1F. The highest BCUT2D eigenvalue weighted by Crippen LogP contribution is 2.31. The highest BCUT2D eigenvalue weighted by molar-refractivity contribution is 5.75. The first-order valence-electron chi connectivity index (χ1n) is 11.8. The van der Waals surface area contributed by atoms with E-state index in [0.29, 0.717) is 17.4 Å². The number of halogens is 8. The summed E-state index contributed by atoms with van der Waals surface area (Å²) in [6.45, 7) is -0.265. The van der Waals surface area contributed by atoms with Gasteiger partial charge in [-0.05, 0) is 59.7 Å². The van der Waals surface area contributed by atoms with Crippen molar-refractivity contribution >= 4 is 6.29 Å². The van der Waals surface area contributed by atoms with Gasteiger partial charge in [0.25, 0.3) is 0 Å². The van der Waals surface area contributed by atoms with Crippen LogP contribution in [-0.2, 0) is 25.6 Å². The summed E-state index contributed by atoms with van der Waals surface area (Å²) in [4.78, 5) is 10.5. The third kappa shape index (κ3) is 9.05. The molecule has 0 aliphatic carbocycles. The minimum absolute atomic E-state index is 0.110. The Hall–Kier alpha value is -4.92. The Morgan fingerprint density at radius 2 is 1.14 bits per heavy atom. The normalized spacial score (nSPS) is 11.1. The van der Waals surface area contributed by atoms with Crippen molar-refractivity contribution in [1.82, 2.24) is 0 Å². The van der Waals surface area contributed by atoms with Gasteiger partial charge in [0.05, 0.1) is 22.3 Å². The minimum atomic E-state index is -4.42. The number of benzene rings is 4. The number of nitriles is 1. The van der Waals surface area contributed by atoms with Crippen LogP contribution in [0.4, 0.5) is 35.1 Å². The molecule has 4 rings (SSSR count). The smallest absolute Gasteiger partial charge is 0.416 e. The molecule has 0 spiro atoms. The molecule has 0 bridgehead atoms. The minimum Gasteiger partial charge on any atom is -0.489 e. The summed E-state index contributed by atoms with van der Waals surface area (Å²) in [5.74, 6) is -1.20. The van der Waals surface area contributed by atoms with Crippen molar-refractivity contribution in [2.45, 2.75) is 25.6 Å². The van der Waals surface area contributed by atoms with Crippen molar-refractivity contribution in [3.05, 3.63) is 130 Å². The molecule has 0 heterocycles. The molecule has 12 heteroatoms. The first kappa shape index (κ1) is 31.6. The van der Waals surface area contributed by atoms with Crippen LogP contribution in [0.3, 0.4) is 0 Å². The molecule has 0 saturated heterocycles. The van der Waals surface area contributed by atoms with Crippen LogP contribution in [0, 0.1) is 23.0 Å². The topological polar surface area (TPSA) is 59.3 Å². The quantitative estimate of drug-likeness (QED) is 0.159. The summed E-state index contributed by atoms with van der Waals surface area (Å²) in [6.07, 6.45) is -8.48.